The summed E-state index contributed by atoms with van der Waals surface area (Å²) in [5.74, 6) is 0.582. The second-order valence-electron chi connectivity index (χ2n) is 2.59. The van der Waals surface area contributed by atoms with Crippen molar-refractivity contribution in [1.82, 2.24) is 15.0 Å². The van der Waals surface area contributed by atoms with Gasteiger partial charge in [0.25, 0.3) is 0 Å². The highest BCUT2D eigenvalue weighted by atomic mass is 35.5. The lowest BCUT2D eigenvalue weighted by atomic mass is 10.3. The number of aryl methyl sites for hydroxylation is 1. The van der Waals surface area contributed by atoms with E-state index in [0.29, 0.717) is 16.9 Å². The van der Waals surface area contributed by atoms with Gasteiger partial charge in [-0.3, -0.25) is 4.98 Å². The molecular weight excluding hydrogens is 190 g/mol. The van der Waals surface area contributed by atoms with E-state index < -0.39 is 0 Å². The van der Waals surface area contributed by atoms with Crippen LogP contribution in [-0.4, -0.2) is 20.1 Å². The van der Waals surface area contributed by atoms with E-state index in [1.54, 1.807) is 6.92 Å². The van der Waals surface area contributed by atoms with E-state index in [1.165, 1.54) is 12.3 Å². The van der Waals surface area contributed by atoms with Gasteiger partial charge in [-0.15, -0.1) is 0 Å². The molecule has 0 unspecified atom stereocenters. The topological polar surface area (TPSA) is 58.9 Å². The minimum Gasteiger partial charge on any atom is -0.506 e. The normalized spacial score (nSPS) is 10.6. The van der Waals surface area contributed by atoms with Crippen LogP contribution < -0.4 is 0 Å². The quantitative estimate of drug-likeness (QED) is 0.650. The lowest BCUT2D eigenvalue weighted by molar-refractivity contribution is 0.479. The molecule has 13 heavy (non-hydrogen) atoms. The highest BCUT2D eigenvalue weighted by molar-refractivity contribution is 6.33. The summed E-state index contributed by atoms with van der Waals surface area (Å²) in [6, 6.07) is 1.46. The fraction of sp³-hybridized carbons (Fsp3) is 0.125. The first-order valence-electron chi connectivity index (χ1n) is 3.66. The molecule has 2 aromatic rings. The molecule has 0 amide bonds. The highest BCUT2D eigenvalue weighted by Crippen LogP contribution is 2.24. The van der Waals surface area contributed by atoms with Crippen LogP contribution in [0.5, 0.6) is 5.75 Å². The Balaban J connectivity index is 2.94. The van der Waals surface area contributed by atoms with E-state index in [1.807, 2.05) is 0 Å². The number of halogens is 1. The number of aromatic hydroxyl groups is 1. The van der Waals surface area contributed by atoms with E-state index in [9.17, 15) is 5.11 Å². The first-order chi connectivity index (χ1) is 6.18. The Morgan fingerprint density at radius 2 is 2.08 bits per heavy atom. The van der Waals surface area contributed by atoms with Crippen LogP contribution in [0.15, 0.2) is 12.3 Å². The molecule has 0 spiro atoms. The second kappa shape index (κ2) is 2.81. The van der Waals surface area contributed by atoms with Crippen molar-refractivity contribution in [3.05, 3.63) is 23.2 Å². The molecular formula is C8H6ClN3O. The third-order valence-corrected chi connectivity index (χ3v) is 1.90. The molecule has 2 heterocycles. The van der Waals surface area contributed by atoms with Crippen molar-refractivity contribution in [3.8, 4) is 5.75 Å². The van der Waals surface area contributed by atoms with Crippen LogP contribution in [0.25, 0.3) is 11.0 Å². The summed E-state index contributed by atoms with van der Waals surface area (Å²) in [6.45, 7) is 1.71. The van der Waals surface area contributed by atoms with Crippen LogP contribution in [0.4, 0.5) is 0 Å². The number of rotatable bonds is 0. The van der Waals surface area contributed by atoms with Gasteiger partial charge in [0.15, 0.2) is 5.15 Å². The van der Waals surface area contributed by atoms with Crippen molar-refractivity contribution in [1.29, 1.82) is 0 Å². The van der Waals surface area contributed by atoms with Gasteiger partial charge in [0.2, 0.25) is 0 Å². The maximum absolute atomic E-state index is 9.43. The Kier molecular flexibility index (Phi) is 1.77. The maximum atomic E-state index is 9.43. The van der Waals surface area contributed by atoms with Crippen molar-refractivity contribution in [2.75, 3.05) is 0 Å². The van der Waals surface area contributed by atoms with Crippen LogP contribution >= 0.6 is 11.6 Å². The SMILES string of the molecule is Cc1nc(Cl)c2nccc(O)c2n1. The largest absolute Gasteiger partial charge is 0.506 e. The number of hydrogen-bond acceptors (Lipinski definition) is 4. The molecule has 0 radical (unpaired) electrons. The van der Waals surface area contributed by atoms with Crippen molar-refractivity contribution in [2.45, 2.75) is 6.92 Å². The van der Waals surface area contributed by atoms with Gasteiger partial charge in [0.05, 0.1) is 0 Å². The molecule has 0 saturated carbocycles. The van der Waals surface area contributed by atoms with Crippen LogP contribution in [-0.2, 0) is 0 Å². The third-order valence-electron chi connectivity index (χ3n) is 1.63. The second-order valence-corrected chi connectivity index (χ2v) is 2.95. The fourth-order valence-electron chi connectivity index (χ4n) is 1.09. The summed E-state index contributed by atoms with van der Waals surface area (Å²) < 4.78 is 0. The van der Waals surface area contributed by atoms with Gasteiger partial charge in [-0.2, -0.15) is 0 Å². The van der Waals surface area contributed by atoms with Gasteiger partial charge >= 0.3 is 0 Å². The molecule has 2 aromatic heterocycles. The van der Waals surface area contributed by atoms with E-state index in [0.717, 1.165) is 0 Å². The van der Waals surface area contributed by atoms with Gasteiger partial charge in [-0.05, 0) is 6.92 Å². The number of pyridine rings is 1. The number of hydrogen-bond donors (Lipinski definition) is 1. The lowest BCUT2D eigenvalue weighted by Crippen LogP contribution is -1.92. The molecule has 1 N–H and O–H groups in total. The average Bonchev–Trinajstić information content (AvgIpc) is 2.07. The molecule has 0 fully saturated rings. The zero-order valence-electron chi connectivity index (χ0n) is 6.82. The zero-order chi connectivity index (χ0) is 9.42. The summed E-state index contributed by atoms with van der Waals surface area (Å²) in [5.41, 5.74) is 0.812. The summed E-state index contributed by atoms with van der Waals surface area (Å²) >= 11 is 5.81. The number of nitrogens with zero attached hydrogens (tertiary/aromatic N) is 3. The van der Waals surface area contributed by atoms with Crippen molar-refractivity contribution in [2.24, 2.45) is 0 Å². The van der Waals surface area contributed by atoms with E-state index >= 15 is 0 Å². The Morgan fingerprint density at radius 1 is 1.31 bits per heavy atom. The molecule has 2 rings (SSSR count). The van der Waals surface area contributed by atoms with E-state index in [4.69, 9.17) is 11.6 Å². The minimum absolute atomic E-state index is 0.0670. The molecule has 0 saturated heterocycles. The lowest BCUT2D eigenvalue weighted by Gasteiger charge is -2.01. The van der Waals surface area contributed by atoms with Gasteiger partial charge in [-0.25, -0.2) is 9.97 Å². The van der Waals surface area contributed by atoms with Crippen LogP contribution in [0.2, 0.25) is 5.15 Å². The highest BCUT2D eigenvalue weighted by Gasteiger charge is 2.07. The smallest absolute Gasteiger partial charge is 0.159 e. The van der Waals surface area contributed by atoms with Gasteiger partial charge in [0.1, 0.15) is 22.6 Å². The fourth-order valence-corrected chi connectivity index (χ4v) is 1.35. The summed E-state index contributed by atoms with van der Waals surface area (Å²) in [5, 5.41) is 9.69. The zero-order valence-corrected chi connectivity index (χ0v) is 7.58. The Morgan fingerprint density at radius 3 is 2.85 bits per heavy atom. The molecule has 0 aromatic carbocycles. The minimum atomic E-state index is 0.0670. The summed E-state index contributed by atoms with van der Waals surface area (Å²) in [7, 11) is 0. The number of fused-ring (bicyclic) bond motifs is 1. The summed E-state index contributed by atoms with van der Waals surface area (Å²) in [6.07, 6.45) is 1.46. The predicted octanol–water partition coefficient (Wildman–Crippen LogP) is 1.69. The van der Waals surface area contributed by atoms with Crippen molar-refractivity contribution < 1.29 is 5.11 Å². The molecule has 0 aliphatic rings. The summed E-state index contributed by atoms with van der Waals surface area (Å²) in [4.78, 5) is 11.9. The Bertz CT molecular complexity index is 472. The van der Waals surface area contributed by atoms with Crippen LogP contribution in [0, 0.1) is 6.92 Å². The monoisotopic (exact) mass is 195 g/mol. The first-order valence-corrected chi connectivity index (χ1v) is 4.04. The van der Waals surface area contributed by atoms with Crippen LogP contribution in [0.1, 0.15) is 5.82 Å². The van der Waals surface area contributed by atoms with Gasteiger partial charge in [-0.1, -0.05) is 11.6 Å². The Labute approximate surface area is 79.2 Å². The first kappa shape index (κ1) is 8.19. The van der Waals surface area contributed by atoms with E-state index in [2.05, 4.69) is 15.0 Å². The molecule has 0 atom stereocenters. The molecule has 5 heteroatoms. The maximum Gasteiger partial charge on any atom is 0.159 e. The Hall–Kier alpha value is -1.42. The van der Waals surface area contributed by atoms with Crippen molar-refractivity contribution in [3.63, 3.8) is 0 Å². The predicted molar refractivity (Wildman–Crippen MR) is 48.7 cm³/mol. The molecule has 0 bridgehead atoms. The van der Waals surface area contributed by atoms with Gasteiger partial charge in [0, 0.05) is 12.3 Å². The standard InChI is InChI=1S/C8H6ClN3O/c1-4-11-6-5(13)2-3-10-7(6)8(9)12-4/h2-3H,1H3,(H,10,13). The van der Waals surface area contributed by atoms with E-state index in [-0.39, 0.29) is 10.9 Å². The molecule has 0 aliphatic heterocycles. The van der Waals surface area contributed by atoms with Gasteiger partial charge < -0.3 is 5.11 Å². The average molecular weight is 196 g/mol. The number of aromatic nitrogens is 3. The molecule has 4 nitrogen and oxygen atoms in total. The third kappa shape index (κ3) is 1.29. The van der Waals surface area contributed by atoms with Crippen molar-refractivity contribution >= 4 is 22.6 Å². The van der Waals surface area contributed by atoms with Crippen LogP contribution in [0.3, 0.4) is 0 Å². The molecule has 66 valence electrons. The molecule has 0 aliphatic carbocycles.